The molecule has 16 heavy (non-hydrogen) atoms. The van der Waals surface area contributed by atoms with Crippen LogP contribution in [0.3, 0.4) is 0 Å². The van der Waals surface area contributed by atoms with Crippen molar-refractivity contribution < 1.29 is 4.79 Å². The van der Waals surface area contributed by atoms with E-state index in [4.69, 9.17) is 0 Å². The van der Waals surface area contributed by atoms with Crippen molar-refractivity contribution in [3.05, 3.63) is 34.9 Å². The van der Waals surface area contributed by atoms with Gasteiger partial charge in [0.15, 0.2) is 0 Å². The first-order chi connectivity index (χ1) is 7.78. The first-order valence-electron chi connectivity index (χ1n) is 6.21. The van der Waals surface area contributed by atoms with Crippen LogP contribution in [0, 0.1) is 0 Å². The van der Waals surface area contributed by atoms with E-state index in [1.165, 1.54) is 24.0 Å². The van der Waals surface area contributed by atoms with Gasteiger partial charge in [-0.05, 0) is 48.8 Å². The highest BCUT2D eigenvalue weighted by Gasteiger charge is 2.27. The van der Waals surface area contributed by atoms with E-state index in [-0.39, 0.29) is 5.91 Å². The number of hydrogen-bond donors (Lipinski definition) is 1. The number of carbonyl (C=O) groups is 1. The maximum Gasteiger partial charge on any atom is 0.251 e. The lowest BCUT2D eigenvalue weighted by Gasteiger charge is -2.25. The lowest BCUT2D eigenvalue weighted by molar-refractivity contribution is 0.0924. The molecule has 1 aromatic rings. The quantitative estimate of drug-likeness (QED) is 0.807. The first kappa shape index (κ1) is 9.88. The van der Waals surface area contributed by atoms with Crippen molar-refractivity contribution in [2.24, 2.45) is 0 Å². The smallest absolute Gasteiger partial charge is 0.251 e. The zero-order valence-electron chi connectivity index (χ0n) is 9.62. The minimum atomic E-state index is 0.121. The Balaban J connectivity index is 1.96. The number of carbonyl (C=O) groups excluding carboxylic acids is 1. The third-order valence-electron chi connectivity index (χ3n) is 3.72. The minimum absolute atomic E-state index is 0.121. The van der Waals surface area contributed by atoms with Crippen LogP contribution in [0.25, 0.3) is 0 Å². The van der Waals surface area contributed by atoms with E-state index in [9.17, 15) is 4.79 Å². The molecule has 0 aromatic heterocycles. The Bertz CT molecular complexity index is 434. The number of rotatable bonds is 2. The lowest BCUT2D eigenvalue weighted by atomic mass is 9.92. The van der Waals surface area contributed by atoms with Crippen LogP contribution >= 0.6 is 0 Å². The van der Waals surface area contributed by atoms with E-state index in [0.29, 0.717) is 6.04 Å². The molecule has 1 heterocycles. The van der Waals surface area contributed by atoms with Gasteiger partial charge in [-0.3, -0.25) is 4.79 Å². The number of nitrogens with one attached hydrogen (secondary N) is 1. The van der Waals surface area contributed by atoms with Crippen LogP contribution < -0.4 is 5.32 Å². The van der Waals surface area contributed by atoms with Gasteiger partial charge in [-0.25, -0.2) is 0 Å². The SMILES string of the molecule is CCC1Cc2ccc(C3CC3)cc2C(=O)N1. The van der Waals surface area contributed by atoms with Crippen molar-refractivity contribution in [2.75, 3.05) is 0 Å². The number of hydrogen-bond acceptors (Lipinski definition) is 1. The van der Waals surface area contributed by atoms with Crippen molar-refractivity contribution in [3.63, 3.8) is 0 Å². The van der Waals surface area contributed by atoms with Crippen molar-refractivity contribution >= 4 is 5.91 Å². The van der Waals surface area contributed by atoms with Crippen LogP contribution in [-0.4, -0.2) is 11.9 Å². The standard InChI is InChI=1S/C14H17NO/c1-2-12-7-11-6-5-10(9-3-4-9)8-13(11)14(16)15-12/h5-6,8-9,12H,2-4,7H2,1H3,(H,15,16). The largest absolute Gasteiger partial charge is 0.349 e. The summed E-state index contributed by atoms with van der Waals surface area (Å²) in [6, 6.07) is 6.80. The maximum atomic E-state index is 11.9. The molecule has 3 rings (SSSR count). The fourth-order valence-corrected chi connectivity index (χ4v) is 2.48. The molecule has 1 unspecified atom stereocenters. The van der Waals surface area contributed by atoms with Crippen LogP contribution in [-0.2, 0) is 6.42 Å². The van der Waals surface area contributed by atoms with E-state index in [1.54, 1.807) is 0 Å². The summed E-state index contributed by atoms with van der Waals surface area (Å²) in [7, 11) is 0. The molecule has 1 aliphatic heterocycles. The van der Waals surface area contributed by atoms with E-state index < -0.39 is 0 Å². The molecule has 1 N–H and O–H groups in total. The van der Waals surface area contributed by atoms with Gasteiger partial charge >= 0.3 is 0 Å². The molecule has 0 saturated heterocycles. The Morgan fingerprint density at radius 1 is 1.38 bits per heavy atom. The first-order valence-corrected chi connectivity index (χ1v) is 6.21. The van der Waals surface area contributed by atoms with Gasteiger partial charge < -0.3 is 5.32 Å². The summed E-state index contributed by atoms with van der Waals surface area (Å²) >= 11 is 0. The Morgan fingerprint density at radius 3 is 2.88 bits per heavy atom. The second kappa shape index (κ2) is 3.62. The highest BCUT2D eigenvalue weighted by Crippen LogP contribution is 2.40. The van der Waals surface area contributed by atoms with E-state index >= 15 is 0 Å². The molecule has 1 saturated carbocycles. The molecule has 0 radical (unpaired) electrons. The minimum Gasteiger partial charge on any atom is -0.349 e. The van der Waals surface area contributed by atoms with Gasteiger partial charge in [0, 0.05) is 11.6 Å². The summed E-state index contributed by atoms with van der Waals surface area (Å²) in [4.78, 5) is 11.9. The number of fused-ring (bicyclic) bond motifs is 1. The highest BCUT2D eigenvalue weighted by molar-refractivity contribution is 5.97. The molecule has 1 atom stereocenters. The molecular weight excluding hydrogens is 198 g/mol. The van der Waals surface area contributed by atoms with Gasteiger partial charge in [0.2, 0.25) is 0 Å². The third-order valence-corrected chi connectivity index (χ3v) is 3.72. The van der Waals surface area contributed by atoms with Crippen molar-refractivity contribution in [1.29, 1.82) is 0 Å². The van der Waals surface area contributed by atoms with E-state index in [2.05, 4.69) is 30.4 Å². The summed E-state index contributed by atoms with van der Waals surface area (Å²) in [5.74, 6) is 0.845. The van der Waals surface area contributed by atoms with E-state index in [0.717, 1.165) is 24.3 Å². The fraction of sp³-hybridized carbons (Fsp3) is 0.500. The van der Waals surface area contributed by atoms with Crippen molar-refractivity contribution in [1.82, 2.24) is 5.32 Å². The molecule has 1 aliphatic carbocycles. The second-order valence-electron chi connectivity index (χ2n) is 4.97. The molecular formula is C14H17NO. The molecule has 1 aromatic carbocycles. The van der Waals surface area contributed by atoms with Crippen LogP contribution in [0.5, 0.6) is 0 Å². The van der Waals surface area contributed by atoms with Crippen LogP contribution in [0.15, 0.2) is 18.2 Å². The number of benzene rings is 1. The topological polar surface area (TPSA) is 29.1 Å². The van der Waals surface area contributed by atoms with Gasteiger partial charge in [-0.1, -0.05) is 19.1 Å². The average molecular weight is 215 g/mol. The Labute approximate surface area is 96.1 Å². The summed E-state index contributed by atoms with van der Waals surface area (Å²) in [5, 5.41) is 3.07. The summed E-state index contributed by atoms with van der Waals surface area (Å²) in [5.41, 5.74) is 3.48. The molecule has 84 valence electrons. The Kier molecular flexibility index (Phi) is 2.23. The van der Waals surface area contributed by atoms with Gasteiger partial charge in [-0.15, -0.1) is 0 Å². The monoisotopic (exact) mass is 215 g/mol. The lowest BCUT2D eigenvalue weighted by Crippen LogP contribution is -2.40. The third kappa shape index (κ3) is 1.62. The highest BCUT2D eigenvalue weighted by atomic mass is 16.1. The summed E-state index contributed by atoms with van der Waals surface area (Å²) in [6.45, 7) is 2.12. The van der Waals surface area contributed by atoms with Crippen molar-refractivity contribution in [2.45, 2.75) is 44.6 Å². The van der Waals surface area contributed by atoms with Crippen LogP contribution in [0.1, 0.15) is 53.6 Å². The molecule has 1 fully saturated rings. The molecule has 1 amide bonds. The normalized spacial score (nSPS) is 23.8. The molecule has 0 spiro atoms. The maximum absolute atomic E-state index is 11.9. The predicted octanol–water partition coefficient (Wildman–Crippen LogP) is 2.63. The second-order valence-corrected chi connectivity index (χ2v) is 4.97. The van der Waals surface area contributed by atoms with Crippen LogP contribution in [0.2, 0.25) is 0 Å². The molecule has 2 heteroatoms. The molecule has 2 aliphatic rings. The summed E-state index contributed by atoms with van der Waals surface area (Å²) in [6.07, 6.45) is 4.58. The van der Waals surface area contributed by atoms with Gasteiger partial charge in [0.25, 0.3) is 5.91 Å². The predicted molar refractivity (Wildman–Crippen MR) is 63.7 cm³/mol. The zero-order chi connectivity index (χ0) is 11.1. The van der Waals surface area contributed by atoms with Gasteiger partial charge in [0.05, 0.1) is 0 Å². The zero-order valence-corrected chi connectivity index (χ0v) is 9.62. The average Bonchev–Trinajstić information content (AvgIpc) is 3.12. The Hall–Kier alpha value is -1.31. The summed E-state index contributed by atoms with van der Waals surface area (Å²) < 4.78 is 0. The van der Waals surface area contributed by atoms with Crippen LogP contribution in [0.4, 0.5) is 0 Å². The fourth-order valence-electron chi connectivity index (χ4n) is 2.48. The van der Waals surface area contributed by atoms with Crippen molar-refractivity contribution in [3.8, 4) is 0 Å². The van der Waals surface area contributed by atoms with Gasteiger partial charge in [0.1, 0.15) is 0 Å². The Morgan fingerprint density at radius 2 is 2.19 bits per heavy atom. The van der Waals surface area contributed by atoms with E-state index in [1.807, 2.05) is 0 Å². The van der Waals surface area contributed by atoms with Gasteiger partial charge in [-0.2, -0.15) is 0 Å². The molecule has 2 nitrogen and oxygen atoms in total. The molecule has 0 bridgehead atoms. The number of amides is 1.